The molecule has 84 valence electrons. The van der Waals surface area contributed by atoms with Gasteiger partial charge in [-0.05, 0) is 13.0 Å². The van der Waals surface area contributed by atoms with Crippen molar-refractivity contribution in [3.63, 3.8) is 0 Å². The van der Waals surface area contributed by atoms with Crippen molar-refractivity contribution < 1.29 is 19.1 Å². The number of oxime groups is 1. The van der Waals surface area contributed by atoms with Crippen molar-refractivity contribution in [2.75, 3.05) is 0 Å². The van der Waals surface area contributed by atoms with Crippen LogP contribution in [0.1, 0.15) is 18.9 Å². The molecule has 5 heteroatoms. The Labute approximate surface area is 91.3 Å². The first-order valence-corrected chi connectivity index (χ1v) is 4.76. The van der Waals surface area contributed by atoms with Gasteiger partial charge in [0.15, 0.2) is 0 Å². The van der Waals surface area contributed by atoms with E-state index < -0.39 is 17.4 Å². The fourth-order valence-electron chi connectivity index (χ4n) is 1.49. The van der Waals surface area contributed by atoms with Crippen molar-refractivity contribution in [2.24, 2.45) is 5.16 Å². The maximum Gasteiger partial charge on any atom is 0.351 e. The molecule has 0 unspecified atom stereocenters. The van der Waals surface area contributed by atoms with Crippen LogP contribution in [-0.2, 0) is 9.63 Å². The summed E-state index contributed by atoms with van der Waals surface area (Å²) in [7, 11) is 0. The number of carbonyl (C=O) groups is 1. The highest BCUT2D eigenvalue weighted by Gasteiger charge is 2.42. The Morgan fingerprint density at radius 2 is 2.25 bits per heavy atom. The lowest BCUT2D eigenvalue weighted by molar-refractivity contribution is -0.160. The fourth-order valence-corrected chi connectivity index (χ4v) is 1.49. The first-order valence-electron chi connectivity index (χ1n) is 4.76. The van der Waals surface area contributed by atoms with Crippen LogP contribution in [0.25, 0.3) is 0 Å². The summed E-state index contributed by atoms with van der Waals surface area (Å²) in [5, 5.41) is 12.6. The Kier molecular flexibility index (Phi) is 2.38. The number of hydrogen-bond acceptors (Lipinski definition) is 3. The summed E-state index contributed by atoms with van der Waals surface area (Å²) >= 11 is 0. The lowest BCUT2D eigenvalue weighted by atomic mass is 9.96. The molecule has 1 N–H and O–H groups in total. The van der Waals surface area contributed by atoms with E-state index in [-0.39, 0.29) is 12.0 Å². The van der Waals surface area contributed by atoms with Gasteiger partial charge in [0.2, 0.25) is 5.60 Å². The van der Waals surface area contributed by atoms with E-state index in [1.54, 1.807) is 18.2 Å². The number of nitrogens with zero attached hydrogens (tertiary/aromatic N) is 1. The number of carboxylic acids is 1. The normalized spacial score (nSPS) is 23.8. The minimum absolute atomic E-state index is 0.0588. The van der Waals surface area contributed by atoms with Gasteiger partial charge in [-0.3, -0.25) is 0 Å². The van der Waals surface area contributed by atoms with Crippen LogP contribution in [0.4, 0.5) is 4.39 Å². The second-order valence-corrected chi connectivity index (χ2v) is 3.82. The Bertz CT molecular complexity index is 472. The lowest BCUT2D eigenvalue weighted by Crippen LogP contribution is -2.35. The monoisotopic (exact) mass is 223 g/mol. The van der Waals surface area contributed by atoms with Gasteiger partial charge in [-0.1, -0.05) is 23.4 Å². The Morgan fingerprint density at radius 1 is 1.56 bits per heavy atom. The van der Waals surface area contributed by atoms with Crippen molar-refractivity contribution in [1.82, 2.24) is 0 Å². The Balaban J connectivity index is 2.28. The van der Waals surface area contributed by atoms with Gasteiger partial charge in [0.1, 0.15) is 5.82 Å². The van der Waals surface area contributed by atoms with Gasteiger partial charge in [-0.25, -0.2) is 9.18 Å². The third-order valence-electron chi connectivity index (χ3n) is 2.50. The molecule has 1 aliphatic heterocycles. The van der Waals surface area contributed by atoms with Gasteiger partial charge >= 0.3 is 5.97 Å². The van der Waals surface area contributed by atoms with Crippen molar-refractivity contribution >= 4 is 11.7 Å². The van der Waals surface area contributed by atoms with E-state index in [4.69, 9.17) is 9.94 Å². The molecule has 0 radical (unpaired) electrons. The zero-order valence-electron chi connectivity index (χ0n) is 8.61. The average molecular weight is 223 g/mol. The van der Waals surface area contributed by atoms with Gasteiger partial charge in [-0.2, -0.15) is 0 Å². The van der Waals surface area contributed by atoms with Crippen LogP contribution in [0, 0.1) is 5.82 Å². The van der Waals surface area contributed by atoms with E-state index >= 15 is 0 Å². The summed E-state index contributed by atoms with van der Waals surface area (Å²) in [5.41, 5.74) is -0.784. The Hall–Kier alpha value is -1.91. The summed E-state index contributed by atoms with van der Waals surface area (Å²) < 4.78 is 13.4. The first kappa shape index (κ1) is 10.6. The molecule has 1 heterocycles. The smallest absolute Gasteiger partial charge is 0.351 e. The van der Waals surface area contributed by atoms with Crippen LogP contribution in [0.2, 0.25) is 0 Å². The summed E-state index contributed by atoms with van der Waals surface area (Å²) in [6.07, 6.45) is 0.0588. The van der Waals surface area contributed by atoms with E-state index in [0.717, 1.165) is 0 Å². The molecule has 1 aromatic rings. The molecule has 1 aliphatic rings. The highest BCUT2D eigenvalue weighted by molar-refractivity contribution is 6.04. The molecule has 0 aromatic heterocycles. The number of halogens is 1. The average Bonchev–Trinajstić information content (AvgIpc) is 2.63. The summed E-state index contributed by atoms with van der Waals surface area (Å²) in [6, 6.07) is 6.07. The zero-order valence-corrected chi connectivity index (χ0v) is 8.61. The molecule has 2 rings (SSSR count). The minimum atomic E-state index is -1.39. The highest BCUT2D eigenvalue weighted by Crippen LogP contribution is 2.27. The number of aliphatic carboxylic acids is 1. The van der Waals surface area contributed by atoms with E-state index in [2.05, 4.69) is 5.16 Å². The minimum Gasteiger partial charge on any atom is -0.478 e. The molecule has 0 spiro atoms. The van der Waals surface area contributed by atoms with Crippen molar-refractivity contribution in [2.45, 2.75) is 18.9 Å². The van der Waals surface area contributed by atoms with Crippen molar-refractivity contribution in [1.29, 1.82) is 0 Å². The summed E-state index contributed by atoms with van der Waals surface area (Å²) in [6.45, 7) is 1.41. The van der Waals surface area contributed by atoms with E-state index in [1.807, 2.05) is 0 Å². The topological polar surface area (TPSA) is 58.9 Å². The molecule has 0 amide bonds. The maximum absolute atomic E-state index is 13.4. The molecule has 0 fully saturated rings. The van der Waals surface area contributed by atoms with Crippen LogP contribution in [0.5, 0.6) is 0 Å². The third kappa shape index (κ3) is 1.64. The molecular formula is C11H10FNO3. The van der Waals surface area contributed by atoms with Gasteiger partial charge in [0, 0.05) is 12.0 Å². The molecule has 0 saturated carbocycles. The predicted molar refractivity (Wildman–Crippen MR) is 54.7 cm³/mol. The van der Waals surface area contributed by atoms with E-state index in [1.165, 1.54) is 13.0 Å². The van der Waals surface area contributed by atoms with Crippen LogP contribution >= 0.6 is 0 Å². The maximum atomic E-state index is 13.4. The van der Waals surface area contributed by atoms with Gasteiger partial charge in [-0.15, -0.1) is 0 Å². The predicted octanol–water partition coefficient (Wildman–Crippen LogP) is 1.79. The molecular weight excluding hydrogens is 213 g/mol. The number of hydrogen-bond donors (Lipinski definition) is 1. The standard InChI is InChI=1S/C11H10FNO3/c1-11(10(14)15)6-9(13-16-11)7-4-2-3-5-8(7)12/h2-5H,6H2,1H3,(H,14,15)/t11-/m1/s1. The fraction of sp³-hybridized carbons (Fsp3) is 0.273. The van der Waals surface area contributed by atoms with Crippen LogP contribution < -0.4 is 0 Å². The zero-order chi connectivity index (χ0) is 11.8. The quantitative estimate of drug-likeness (QED) is 0.831. The van der Waals surface area contributed by atoms with E-state index in [0.29, 0.717) is 5.71 Å². The van der Waals surface area contributed by atoms with Crippen molar-refractivity contribution in [3.05, 3.63) is 35.6 Å². The van der Waals surface area contributed by atoms with Crippen molar-refractivity contribution in [3.8, 4) is 0 Å². The summed E-state index contributed by atoms with van der Waals surface area (Å²) in [5.74, 6) is -1.54. The lowest BCUT2D eigenvalue weighted by Gasteiger charge is -2.14. The third-order valence-corrected chi connectivity index (χ3v) is 2.50. The van der Waals surface area contributed by atoms with Crippen LogP contribution in [-0.4, -0.2) is 22.4 Å². The largest absolute Gasteiger partial charge is 0.478 e. The molecule has 1 aromatic carbocycles. The molecule has 0 bridgehead atoms. The molecule has 0 aliphatic carbocycles. The molecule has 4 nitrogen and oxygen atoms in total. The number of carboxylic acid groups (broad SMARTS) is 1. The van der Waals surface area contributed by atoms with E-state index in [9.17, 15) is 9.18 Å². The molecule has 1 atom stereocenters. The Morgan fingerprint density at radius 3 is 2.81 bits per heavy atom. The van der Waals surface area contributed by atoms with Gasteiger partial charge in [0.05, 0.1) is 5.71 Å². The second-order valence-electron chi connectivity index (χ2n) is 3.82. The molecule has 0 saturated heterocycles. The second kappa shape index (κ2) is 3.59. The number of rotatable bonds is 2. The number of benzene rings is 1. The summed E-state index contributed by atoms with van der Waals surface area (Å²) in [4.78, 5) is 15.7. The highest BCUT2D eigenvalue weighted by atomic mass is 19.1. The van der Waals surface area contributed by atoms with Gasteiger partial charge in [0.25, 0.3) is 0 Å². The molecule has 16 heavy (non-hydrogen) atoms. The first-order chi connectivity index (χ1) is 7.53. The van der Waals surface area contributed by atoms with Crippen LogP contribution in [0.3, 0.4) is 0 Å². The van der Waals surface area contributed by atoms with Crippen LogP contribution in [0.15, 0.2) is 29.4 Å². The van der Waals surface area contributed by atoms with Gasteiger partial charge < -0.3 is 9.94 Å². The SMILES string of the molecule is C[C@]1(C(=O)O)CC(c2ccccc2F)=NO1.